The highest BCUT2D eigenvalue weighted by atomic mass is 35.5. The number of hydrogen-bond donors (Lipinski definition) is 1. The summed E-state index contributed by atoms with van der Waals surface area (Å²) < 4.78 is 5.60. The molecule has 130 valence electrons. The van der Waals surface area contributed by atoms with E-state index in [1.807, 2.05) is 17.9 Å². The Bertz CT molecular complexity index is 692. The van der Waals surface area contributed by atoms with Gasteiger partial charge in [0.05, 0.1) is 0 Å². The molecule has 2 aromatic rings. The van der Waals surface area contributed by atoms with Crippen molar-refractivity contribution in [2.45, 2.75) is 38.8 Å². The third kappa shape index (κ3) is 3.25. The van der Waals surface area contributed by atoms with Crippen molar-refractivity contribution in [3.8, 4) is 0 Å². The number of halogens is 1. The van der Waals surface area contributed by atoms with Crippen molar-refractivity contribution >= 4 is 29.7 Å². The Balaban J connectivity index is 0.00000169. The maximum atomic E-state index is 13.0. The second-order valence-electron chi connectivity index (χ2n) is 6.81. The highest BCUT2D eigenvalue weighted by molar-refractivity contribution is 7.07. The molecule has 4 rings (SSSR count). The van der Waals surface area contributed by atoms with Gasteiger partial charge < -0.3 is 14.6 Å². The number of amides is 1. The summed E-state index contributed by atoms with van der Waals surface area (Å²) in [5, 5.41) is 7.63. The first-order valence-corrected chi connectivity index (χ1v) is 9.21. The van der Waals surface area contributed by atoms with Gasteiger partial charge >= 0.3 is 0 Å². The lowest BCUT2D eigenvalue weighted by atomic mass is 9.93. The van der Waals surface area contributed by atoms with Crippen LogP contribution >= 0.6 is 23.7 Å². The lowest BCUT2D eigenvalue weighted by molar-refractivity contribution is 0.0658. The van der Waals surface area contributed by atoms with Crippen molar-refractivity contribution in [2.24, 2.45) is 5.41 Å². The van der Waals surface area contributed by atoms with E-state index >= 15 is 0 Å². The number of carbonyl (C=O) groups is 1. The minimum atomic E-state index is 0. The molecule has 1 spiro atoms. The van der Waals surface area contributed by atoms with Crippen LogP contribution in [0.1, 0.15) is 41.1 Å². The number of furan rings is 1. The number of carbonyl (C=O) groups excluding carboxylic acids is 1. The number of rotatable bonds is 4. The van der Waals surface area contributed by atoms with Gasteiger partial charge in [-0.3, -0.25) is 4.79 Å². The molecule has 6 heteroatoms. The molecular weight excluding hydrogens is 344 g/mol. The number of nitrogens with zero attached hydrogens (tertiary/aromatic N) is 1. The first kappa shape index (κ1) is 17.5. The maximum absolute atomic E-state index is 13.0. The van der Waals surface area contributed by atoms with Crippen molar-refractivity contribution in [1.29, 1.82) is 0 Å². The molecule has 24 heavy (non-hydrogen) atoms. The molecule has 0 bridgehead atoms. The summed E-state index contributed by atoms with van der Waals surface area (Å²) in [5.74, 6) is 1.29. The van der Waals surface area contributed by atoms with Gasteiger partial charge in [-0.15, -0.1) is 12.4 Å². The Morgan fingerprint density at radius 2 is 2.17 bits per heavy atom. The summed E-state index contributed by atoms with van der Waals surface area (Å²) >= 11 is 1.68. The van der Waals surface area contributed by atoms with E-state index in [0.717, 1.165) is 25.3 Å². The van der Waals surface area contributed by atoms with Gasteiger partial charge in [0.15, 0.2) is 5.76 Å². The van der Waals surface area contributed by atoms with E-state index in [0.29, 0.717) is 23.8 Å². The van der Waals surface area contributed by atoms with Crippen LogP contribution in [0.25, 0.3) is 0 Å². The van der Waals surface area contributed by atoms with Gasteiger partial charge in [0.1, 0.15) is 5.76 Å². The van der Waals surface area contributed by atoms with Crippen LogP contribution in [0.4, 0.5) is 0 Å². The largest absolute Gasteiger partial charge is 0.456 e. The first-order chi connectivity index (χ1) is 11.2. The van der Waals surface area contributed by atoms with E-state index in [-0.39, 0.29) is 18.3 Å². The van der Waals surface area contributed by atoms with Crippen LogP contribution in [-0.4, -0.2) is 29.9 Å². The van der Waals surface area contributed by atoms with E-state index in [1.165, 1.54) is 18.4 Å². The molecule has 4 nitrogen and oxygen atoms in total. The summed E-state index contributed by atoms with van der Waals surface area (Å²) in [7, 11) is 0. The van der Waals surface area contributed by atoms with Gasteiger partial charge in [0.25, 0.3) is 5.91 Å². The van der Waals surface area contributed by atoms with E-state index in [2.05, 4.69) is 22.1 Å². The van der Waals surface area contributed by atoms with Crippen LogP contribution in [0.5, 0.6) is 0 Å². The summed E-state index contributed by atoms with van der Waals surface area (Å²) in [6.07, 6.45) is 3.47. The Kier molecular flexibility index (Phi) is 5.04. The van der Waals surface area contributed by atoms with Crippen molar-refractivity contribution in [3.05, 3.63) is 46.0 Å². The molecule has 2 fully saturated rings. The Morgan fingerprint density at radius 3 is 2.79 bits per heavy atom. The van der Waals surface area contributed by atoms with Gasteiger partial charge in [-0.25, -0.2) is 0 Å². The first-order valence-electron chi connectivity index (χ1n) is 8.27. The van der Waals surface area contributed by atoms with Gasteiger partial charge in [-0.05, 0) is 79.2 Å². The van der Waals surface area contributed by atoms with Crippen LogP contribution in [0.2, 0.25) is 0 Å². The molecule has 1 atom stereocenters. The molecule has 1 aliphatic carbocycles. The molecule has 1 unspecified atom stereocenters. The van der Waals surface area contributed by atoms with Crippen molar-refractivity contribution < 1.29 is 9.21 Å². The van der Waals surface area contributed by atoms with Crippen molar-refractivity contribution in [3.63, 3.8) is 0 Å². The summed E-state index contributed by atoms with van der Waals surface area (Å²) in [4.78, 5) is 15.1. The predicted octanol–water partition coefficient (Wildman–Crippen LogP) is 3.86. The Labute approximate surface area is 152 Å². The zero-order chi connectivity index (χ0) is 15.9. The van der Waals surface area contributed by atoms with Crippen LogP contribution < -0.4 is 5.32 Å². The minimum absolute atomic E-state index is 0. The SMILES string of the molecule is Cc1ccc(C(=O)N(Cc2ccsc2)C2CC23CCNCC3)o1.Cl. The second-order valence-corrected chi connectivity index (χ2v) is 7.59. The van der Waals surface area contributed by atoms with Crippen molar-refractivity contribution in [2.75, 3.05) is 13.1 Å². The Morgan fingerprint density at radius 1 is 1.38 bits per heavy atom. The zero-order valence-corrected chi connectivity index (χ0v) is 15.4. The molecule has 1 aliphatic heterocycles. The zero-order valence-electron chi connectivity index (χ0n) is 13.8. The lowest BCUT2D eigenvalue weighted by Gasteiger charge is -2.29. The minimum Gasteiger partial charge on any atom is -0.456 e. The lowest BCUT2D eigenvalue weighted by Crippen LogP contribution is -2.39. The fraction of sp³-hybridized carbons (Fsp3) is 0.500. The molecule has 1 saturated carbocycles. The van der Waals surface area contributed by atoms with E-state index in [1.54, 1.807) is 17.4 Å². The highest BCUT2D eigenvalue weighted by Crippen LogP contribution is 2.56. The molecule has 2 aromatic heterocycles. The van der Waals surface area contributed by atoms with E-state index in [4.69, 9.17) is 4.42 Å². The Hall–Kier alpha value is -1.30. The number of piperidine rings is 1. The third-order valence-electron chi connectivity index (χ3n) is 5.27. The standard InChI is InChI=1S/C18H22N2O2S.ClH/c1-13-2-3-15(22-13)17(21)20(11-14-4-9-23-12-14)16-10-18(16)5-7-19-8-6-18;/h2-4,9,12,16,19H,5-8,10-11H2,1H3;1H. The van der Waals surface area contributed by atoms with Gasteiger partial charge in [0, 0.05) is 12.6 Å². The quantitative estimate of drug-likeness (QED) is 0.893. The maximum Gasteiger partial charge on any atom is 0.290 e. The number of nitrogens with one attached hydrogen (secondary N) is 1. The predicted molar refractivity (Wildman–Crippen MR) is 97.8 cm³/mol. The van der Waals surface area contributed by atoms with Crippen LogP contribution in [0, 0.1) is 12.3 Å². The van der Waals surface area contributed by atoms with Crippen LogP contribution in [0.15, 0.2) is 33.4 Å². The molecule has 1 amide bonds. The summed E-state index contributed by atoms with van der Waals surface area (Å²) in [6, 6.07) is 6.12. The monoisotopic (exact) mass is 366 g/mol. The number of hydrogen-bond acceptors (Lipinski definition) is 4. The highest BCUT2D eigenvalue weighted by Gasteiger charge is 2.58. The molecule has 2 aliphatic rings. The fourth-order valence-electron chi connectivity index (χ4n) is 3.82. The topological polar surface area (TPSA) is 45.5 Å². The molecule has 0 radical (unpaired) electrons. The van der Waals surface area contributed by atoms with E-state index < -0.39 is 0 Å². The molecule has 3 heterocycles. The second kappa shape index (κ2) is 6.90. The van der Waals surface area contributed by atoms with Gasteiger partial charge in [0.2, 0.25) is 0 Å². The smallest absolute Gasteiger partial charge is 0.290 e. The normalized spacial score (nSPS) is 21.3. The average molecular weight is 367 g/mol. The van der Waals surface area contributed by atoms with Crippen LogP contribution in [-0.2, 0) is 6.54 Å². The van der Waals surface area contributed by atoms with Gasteiger partial charge in [-0.2, -0.15) is 11.3 Å². The molecular formula is C18H23ClN2O2S. The molecule has 1 N–H and O–H groups in total. The van der Waals surface area contributed by atoms with E-state index in [9.17, 15) is 4.79 Å². The van der Waals surface area contributed by atoms with Crippen molar-refractivity contribution in [1.82, 2.24) is 10.2 Å². The van der Waals surface area contributed by atoms with Gasteiger partial charge in [-0.1, -0.05) is 0 Å². The fourth-order valence-corrected chi connectivity index (χ4v) is 4.48. The number of thiophene rings is 1. The average Bonchev–Trinajstić information content (AvgIpc) is 2.97. The molecule has 0 aromatic carbocycles. The molecule has 1 saturated heterocycles. The number of aryl methyl sites for hydroxylation is 1. The summed E-state index contributed by atoms with van der Waals surface area (Å²) in [6.45, 7) is 4.70. The summed E-state index contributed by atoms with van der Waals surface area (Å²) in [5.41, 5.74) is 1.54. The third-order valence-corrected chi connectivity index (χ3v) is 6.00. The van der Waals surface area contributed by atoms with Crippen LogP contribution in [0.3, 0.4) is 0 Å².